The number of carbonyl (C=O) groups excluding carboxylic acids is 1. The molecule has 8 heteroatoms. The molecule has 1 amide bonds. The number of aromatic nitrogens is 4. The van der Waals surface area contributed by atoms with Gasteiger partial charge in [0, 0.05) is 26.2 Å². The number of amides is 1. The maximum absolute atomic E-state index is 12.8. The zero-order valence-electron chi connectivity index (χ0n) is 16.5. The number of hydrogen-bond donors (Lipinski definition) is 0. The van der Waals surface area contributed by atoms with Crippen LogP contribution in [0.4, 0.5) is 0 Å². The maximum atomic E-state index is 12.8. The number of carbonyl (C=O) groups is 1. The molecular weight excluding hydrogens is 360 g/mol. The van der Waals surface area contributed by atoms with Gasteiger partial charge in [0.1, 0.15) is 0 Å². The Balaban J connectivity index is 1.66. The first-order valence-corrected chi connectivity index (χ1v) is 10.4. The molecule has 3 rings (SSSR count). The zero-order chi connectivity index (χ0) is 19.4. The summed E-state index contributed by atoms with van der Waals surface area (Å²) >= 11 is 1.41. The Morgan fingerprint density at radius 1 is 1.11 bits per heavy atom. The molecule has 27 heavy (non-hydrogen) atoms. The van der Waals surface area contributed by atoms with E-state index in [1.165, 1.54) is 17.3 Å². The second-order valence-electron chi connectivity index (χ2n) is 7.14. The van der Waals surface area contributed by atoms with Crippen molar-refractivity contribution in [2.75, 3.05) is 32.7 Å². The van der Waals surface area contributed by atoms with E-state index in [0.29, 0.717) is 11.1 Å². The van der Waals surface area contributed by atoms with Gasteiger partial charge >= 0.3 is 0 Å². The second kappa shape index (κ2) is 8.84. The fraction of sp³-hybridized carbons (Fsp3) is 0.579. The Morgan fingerprint density at radius 2 is 1.78 bits per heavy atom. The molecule has 1 aromatic carbocycles. The minimum atomic E-state index is -0.224. The van der Waals surface area contributed by atoms with Crippen LogP contribution in [-0.4, -0.2) is 73.9 Å². The monoisotopic (exact) mass is 388 g/mol. The van der Waals surface area contributed by atoms with Gasteiger partial charge in [-0.1, -0.05) is 44.7 Å². The van der Waals surface area contributed by atoms with E-state index in [1.54, 1.807) is 4.68 Å². The van der Waals surface area contributed by atoms with Gasteiger partial charge in [-0.2, -0.15) is 4.68 Å². The molecule has 0 unspecified atom stereocenters. The van der Waals surface area contributed by atoms with Crippen molar-refractivity contribution in [3.63, 3.8) is 0 Å². The highest BCUT2D eigenvalue weighted by molar-refractivity contribution is 8.00. The van der Waals surface area contributed by atoms with Crippen molar-refractivity contribution in [3.8, 4) is 5.69 Å². The predicted molar refractivity (Wildman–Crippen MR) is 107 cm³/mol. The molecule has 1 fully saturated rings. The SMILES string of the molecule is CCN1CCN(C(=O)[C@@H](C)Sc2nnnn2-c2ccc(C(C)C)cc2)CC1. The van der Waals surface area contributed by atoms with Crippen molar-refractivity contribution in [1.29, 1.82) is 0 Å². The lowest BCUT2D eigenvalue weighted by Crippen LogP contribution is -2.50. The van der Waals surface area contributed by atoms with Crippen molar-refractivity contribution in [2.45, 2.75) is 44.0 Å². The Morgan fingerprint density at radius 3 is 2.37 bits per heavy atom. The summed E-state index contributed by atoms with van der Waals surface area (Å²) in [7, 11) is 0. The maximum Gasteiger partial charge on any atom is 0.235 e. The van der Waals surface area contributed by atoms with Gasteiger partial charge in [-0.25, -0.2) is 0 Å². The minimum absolute atomic E-state index is 0.153. The molecule has 0 saturated carbocycles. The first-order valence-electron chi connectivity index (χ1n) is 9.56. The van der Waals surface area contributed by atoms with E-state index < -0.39 is 0 Å². The highest BCUT2D eigenvalue weighted by Crippen LogP contribution is 2.25. The van der Waals surface area contributed by atoms with Gasteiger partial charge in [-0.15, -0.1) is 5.10 Å². The van der Waals surface area contributed by atoms with E-state index in [-0.39, 0.29) is 11.2 Å². The van der Waals surface area contributed by atoms with Crippen LogP contribution in [0.15, 0.2) is 29.4 Å². The average molecular weight is 389 g/mol. The fourth-order valence-electron chi connectivity index (χ4n) is 3.16. The molecule has 7 nitrogen and oxygen atoms in total. The van der Waals surface area contributed by atoms with Gasteiger partial charge in [0.2, 0.25) is 11.1 Å². The molecule has 1 aliphatic heterocycles. The Bertz CT molecular complexity index is 752. The molecule has 0 spiro atoms. The first kappa shape index (κ1) is 19.8. The molecule has 1 aromatic heterocycles. The summed E-state index contributed by atoms with van der Waals surface area (Å²) in [5.74, 6) is 0.632. The first-order chi connectivity index (χ1) is 13.0. The van der Waals surface area contributed by atoms with E-state index in [4.69, 9.17) is 0 Å². The zero-order valence-corrected chi connectivity index (χ0v) is 17.3. The summed E-state index contributed by atoms with van der Waals surface area (Å²) in [6.45, 7) is 12.9. The highest BCUT2D eigenvalue weighted by atomic mass is 32.2. The van der Waals surface area contributed by atoms with E-state index in [2.05, 4.69) is 53.3 Å². The third kappa shape index (κ3) is 4.68. The molecule has 2 heterocycles. The van der Waals surface area contributed by atoms with Gasteiger partial charge in [0.05, 0.1) is 10.9 Å². The number of hydrogen-bond acceptors (Lipinski definition) is 6. The van der Waals surface area contributed by atoms with Crippen LogP contribution in [0.5, 0.6) is 0 Å². The van der Waals surface area contributed by atoms with E-state index in [1.807, 2.05) is 24.0 Å². The number of likely N-dealkylation sites (N-methyl/N-ethyl adjacent to an activating group) is 1. The van der Waals surface area contributed by atoms with Crippen molar-refractivity contribution in [2.24, 2.45) is 0 Å². The van der Waals surface area contributed by atoms with Crippen LogP contribution in [0, 0.1) is 0 Å². The summed E-state index contributed by atoms with van der Waals surface area (Å²) in [6.07, 6.45) is 0. The smallest absolute Gasteiger partial charge is 0.235 e. The van der Waals surface area contributed by atoms with Crippen molar-refractivity contribution in [3.05, 3.63) is 29.8 Å². The number of piperazine rings is 1. The van der Waals surface area contributed by atoms with E-state index >= 15 is 0 Å². The van der Waals surface area contributed by atoms with Crippen LogP contribution in [0.1, 0.15) is 39.2 Å². The van der Waals surface area contributed by atoms with Crippen LogP contribution in [0.3, 0.4) is 0 Å². The number of benzene rings is 1. The largest absolute Gasteiger partial charge is 0.339 e. The van der Waals surface area contributed by atoms with Crippen molar-refractivity contribution < 1.29 is 4.79 Å². The normalized spacial score (nSPS) is 16.7. The molecule has 1 atom stereocenters. The van der Waals surface area contributed by atoms with Crippen LogP contribution in [0.2, 0.25) is 0 Å². The lowest BCUT2D eigenvalue weighted by atomic mass is 10.0. The van der Waals surface area contributed by atoms with Gasteiger partial charge in [0.15, 0.2) is 0 Å². The number of tetrazole rings is 1. The van der Waals surface area contributed by atoms with Gasteiger partial charge < -0.3 is 9.80 Å². The molecular formula is C19H28N6OS. The van der Waals surface area contributed by atoms with Crippen molar-refractivity contribution in [1.82, 2.24) is 30.0 Å². The highest BCUT2D eigenvalue weighted by Gasteiger charge is 2.26. The van der Waals surface area contributed by atoms with Gasteiger partial charge in [-0.3, -0.25) is 4.79 Å². The molecule has 2 aromatic rings. The van der Waals surface area contributed by atoms with Crippen LogP contribution in [0.25, 0.3) is 5.69 Å². The standard InChI is InChI=1S/C19H28N6OS/c1-5-23-10-12-24(13-11-23)18(26)15(4)27-19-20-21-22-25(19)17-8-6-16(7-9-17)14(2)3/h6-9,14-15H,5,10-13H2,1-4H3/t15-/m1/s1. The second-order valence-corrected chi connectivity index (χ2v) is 8.45. The van der Waals surface area contributed by atoms with Gasteiger partial charge in [0.25, 0.3) is 0 Å². The molecule has 0 aliphatic carbocycles. The number of thioether (sulfide) groups is 1. The van der Waals surface area contributed by atoms with E-state index in [9.17, 15) is 4.79 Å². The van der Waals surface area contributed by atoms with Crippen LogP contribution in [-0.2, 0) is 4.79 Å². The van der Waals surface area contributed by atoms with Crippen LogP contribution < -0.4 is 0 Å². The van der Waals surface area contributed by atoms with E-state index in [0.717, 1.165) is 38.4 Å². The molecule has 146 valence electrons. The molecule has 0 bridgehead atoms. The van der Waals surface area contributed by atoms with Crippen LogP contribution >= 0.6 is 11.8 Å². The lowest BCUT2D eigenvalue weighted by molar-refractivity contribution is -0.132. The summed E-state index contributed by atoms with van der Waals surface area (Å²) in [5.41, 5.74) is 2.18. The fourth-order valence-corrected chi connectivity index (χ4v) is 4.06. The Labute approximate surface area is 165 Å². The van der Waals surface area contributed by atoms with Crippen molar-refractivity contribution >= 4 is 17.7 Å². The lowest BCUT2D eigenvalue weighted by Gasteiger charge is -2.35. The summed E-state index contributed by atoms with van der Waals surface area (Å²) in [5, 5.41) is 12.5. The third-order valence-electron chi connectivity index (χ3n) is 5.01. The molecule has 1 saturated heterocycles. The summed E-state index contributed by atoms with van der Waals surface area (Å²) in [6, 6.07) is 8.23. The summed E-state index contributed by atoms with van der Waals surface area (Å²) < 4.78 is 1.70. The third-order valence-corrected chi connectivity index (χ3v) is 6.03. The Kier molecular flexibility index (Phi) is 6.49. The topological polar surface area (TPSA) is 67.2 Å². The van der Waals surface area contributed by atoms with Gasteiger partial charge in [-0.05, 0) is 47.5 Å². The molecule has 1 aliphatic rings. The quantitative estimate of drug-likeness (QED) is 0.708. The summed E-state index contributed by atoms with van der Waals surface area (Å²) in [4.78, 5) is 17.1. The molecule has 0 N–H and O–H groups in total. The number of nitrogens with zero attached hydrogens (tertiary/aromatic N) is 6. The Hall–Kier alpha value is -1.93. The average Bonchev–Trinajstić information content (AvgIpc) is 3.15. The molecule has 0 radical (unpaired) electrons. The minimum Gasteiger partial charge on any atom is -0.339 e. The number of rotatable bonds is 6. The predicted octanol–water partition coefficient (Wildman–Crippen LogP) is 2.43.